The van der Waals surface area contributed by atoms with Crippen molar-refractivity contribution in [1.29, 1.82) is 0 Å². The van der Waals surface area contributed by atoms with Crippen molar-refractivity contribution in [2.24, 2.45) is 0 Å². The van der Waals surface area contributed by atoms with E-state index in [2.05, 4.69) is 350 Å². The Morgan fingerprint density at radius 3 is 1.12 bits per heavy atom. The fraction of sp³-hybridized carbons (Fsp3) is 0.0196. The van der Waals surface area contributed by atoms with Gasteiger partial charge in [-0.2, -0.15) is 0 Å². The van der Waals surface area contributed by atoms with Gasteiger partial charge in [0, 0.05) is 27.7 Å². The van der Waals surface area contributed by atoms with Crippen LogP contribution in [0.15, 0.2) is 382 Å². The number of fused-ring (bicyclic) bond motifs is 26. The molecule has 0 bridgehead atoms. The summed E-state index contributed by atoms with van der Waals surface area (Å²) in [5, 5.41) is 9.32. The van der Waals surface area contributed by atoms with E-state index in [0.717, 1.165) is 83.4 Å². The van der Waals surface area contributed by atoms with E-state index < -0.39 is 10.8 Å². The highest BCUT2D eigenvalue weighted by Crippen LogP contribution is 2.68. The van der Waals surface area contributed by atoms with Crippen molar-refractivity contribution in [1.82, 2.24) is 0 Å². The Hall–Kier alpha value is -13.5. The molecule has 2 spiro atoms. The molecule has 0 heterocycles. The Kier molecular flexibility index (Phi) is 12.8. The highest BCUT2D eigenvalue weighted by molar-refractivity contribution is 6.16. The third kappa shape index (κ3) is 8.41. The van der Waals surface area contributed by atoms with Crippen molar-refractivity contribution in [3.63, 3.8) is 0 Å². The summed E-state index contributed by atoms with van der Waals surface area (Å²) >= 11 is 0. The van der Waals surface area contributed by atoms with E-state index in [1.165, 1.54) is 111 Å². The summed E-state index contributed by atoms with van der Waals surface area (Å²) in [6, 6.07) is 141. The second-order valence-electron chi connectivity index (χ2n) is 28.6. The Bertz CT molecular complexity index is 6600. The SMILES string of the molecule is Fc1ccccc1N(c1ccccc1)c1cc2c(c3ccccc13)-c1cc3ccc(-c4cccc(-c5ccc(-c6ccccc6)cc5N(c5ccccc5)c5cc6c(c7ccccc57)-c5cc7ccccc7cc5C65c6ccccc6-c6ccccc65)c4)cc3cc1C21c2ccccc2-c2ccccc21. The summed E-state index contributed by atoms with van der Waals surface area (Å²) in [6.45, 7) is 0. The average molecular weight is 1340 g/mol. The van der Waals surface area contributed by atoms with Crippen LogP contribution in [0.4, 0.5) is 38.5 Å². The molecule has 0 fully saturated rings. The van der Waals surface area contributed by atoms with Crippen molar-refractivity contribution in [3.05, 3.63) is 433 Å². The van der Waals surface area contributed by atoms with Gasteiger partial charge in [-0.1, -0.05) is 291 Å². The summed E-state index contributed by atoms with van der Waals surface area (Å²) in [5.74, 6) is -0.288. The second kappa shape index (κ2) is 22.8. The minimum absolute atomic E-state index is 0.288. The molecule has 0 N–H and O–H groups in total. The number of nitrogens with zero attached hydrogens (tertiary/aromatic N) is 2. The molecule has 18 aromatic rings. The molecular formula is C102H63FN2. The van der Waals surface area contributed by atoms with Crippen molar-refractivity contribution in [3.8, 4) is 77.9 Å². The smallest absolute Gasteiger partial charge is 0.147 e. The highest BCUT2D eigenvalue weighted by Gasteiger charge is 2.55. The van der Waals surface area contributed by atoms with E-state index >= 15 is 4.39 Å². The van der Waals surface area contributed by atoms with Gasteiger partial charge in [-0.3, -0.25) is 0 Å². The second-order valence-corrected chi connectivity index (χ2v) is 28.6. The zero-order valence-electron chi connectivity index (χ0n) is 57.1. The number of para-hydroxylation sites is 3. The molecule has 0 aromatic heterocycles. The van der Waals surface area contributed by atoms with E-state index in [1.807, 2.05) is 30.3 Å². The quantitative estimate of drug-likeness (QED) is 0.142. The molecule has 0 aliphatic heterocycles. The van der Waals surface area contributed by atoms with Crippen LogP contribution in [0.3, 0.4) is 0 Å². The zero-order chi connectivity index (χ0) is 69.1. The molecule has 22 rings (SSSR count). The number of anilines is 6. The van der Waals surface area contributed by atoms with Crippen LogP contribution < -0.4 is 9.80 Å². The standard InChI is InChI=1S/C102H63FN2/c103-94-49-24-25-50-95(94)104(73-33-6-2-7-34-73)97-62-92-100(82-43-14-12-41-80(82)97)85-58-69-52-51-68(56-72(69)60-91(85)102(92)88-47-22-18-39-78(88)79-40-19-23-48-89(79)102)65-31-26-32-71(55-65)75-54-53-70(64-27-4-1-5-28-64)61-96(75)105(74-35-8-3-9-36-74)98-63-93-99(83-44-15-13-42-81(83)98)84-57-66-29-10-11-30-67(66)59-90(84)101(93)86-45-20-16-37-76(86)77-38-17-21-46-87(77)101/h1-63H. The van der Waals surface area contributed by atoms with Crippen LogP contribution in [0, 0.1) is 5.82 Å². The first-order valence-electron chi connectivity index (χ1n) is 36.4. The predicted octanol–water partition coefficient (Wildman–Crippen LogP) is 27.1. The normalized spacial score (nSPS) is 13.3. The number of benzene rings is 18. The first kappa shape index (κ1) is 59.2. The number of rotatable bonds is 9. The fourth-order valence-electron chi connectivity index (χ4n) is 19.2. The van der Waals surface area contributed by atoms with Crippen LogP contribution in [0.25, 0.3) is 121 Å². The summed E-state index contributed by atoms with van der Waals surface area (Å²) in [6.07, 6.45) is 0. The number of hydrogen-bond acceptors (Lipinski definition) is 2. The van der Waals surface area contributed by atoms with Gasteiger partial charge in [-0.05, 0) is 240 Å². The lowest BCUT2D eigenvalue weighted by atomic mass is 9.70. The van der Waals surface area contributed by atoms with E-state index in [4.69, 9.17) is 0 Å². The predicted molar refractivity (Wildman–Crippen MR) is 435 cm³/mol. The number of hydrogen-bond donors (Lipinski definition) is 0. The summed E-state index contributed by atoms with van der Waals surface area (Å²) in [7, 11) is 0. The van der Waals surface area contributed by atoms with Crippen molar-refractivity contribution in [2.45, 2.75) is 10.8 Å². The van der Waals surface area contributed by atoms with Crippen LogP contribution in [-0.4, -0.2) is 0 Å². The molecule has 0 unspecified atom stereocenters. The molecule has 18 aromatic carbocycles. The Morgan fingerprint density at radius 2 is 0.581 bits per heavy atom. The minimum atomic E-state index is -0.721. The molecule has 0 radical (unpaired) electrons. The van der Waals surface area contributed by atoms with Crippen LogP contribution >= 0.6 is 0 Å². The lowest BCUT2D eigenvalue weighted by Crippen LogP contribution is -2.26. The van der Waals surface area contributed by atoms with Gasteiger partial charge < -0.3 is 9.80 Å². The Morgan fingerprint density at radius 1 is 0.190 bits per heavy atom. The average Bonchev–Trinajstić information content (AvgIpc) is 1.51. The van der Waals surface area contributed by atoms with Gasteiger partial charge in [0.15, 0.2) is 0 Å². The Balaban J connectivity index is 0.750. The molecule has 0 saturated carbocycles. The third-order valence-corrected chi connectivity index (χ3v) is 23.4. The van der Waals surface area contributed by atoms with E-state index in [9.17, 15) is 0 Å². The largest absolute Gasteiger partial charge is 0.309 e. The van der Waals surface area contributed by atoms with E-state index in [0.29, 0.717) is 5.69 Å². The Labute approximate surface area is 608 Å². The van der Waals surface area contributed by atoms with Gasteiger partial charge in [-0.25, -0.2) is 4.39 Å². The van der Waals surface area contributed by atoms with Gasteiger partial charge in [0.2, 0.25) is 0 Å². The molecule has 4 aliphatic rings. The molecular weight excluding hydrogens is 1270 g/mol. The molecule has 105 heavy (non-hydrogen) atoms. The molecule has 0 amide bonds. The van der Waals surface area contributed by atoms with Gasteiger partial charge in [0.05, 0.1) is 33.6 Å². The van der Waals surface area contributed by atoms with Crippen molar-refractivity contribution >= 4 is 77.2 Å². The van der Waals surface area contributed by atoms with Crippen molar-refractivity contribution in [2.75, 3.05) is 9.80 Å². The van der Waals surface area contributed by atoms with Crippen LogP contribution in [0.2, 0.25) is 0 Å². The molecule has 2 nitrogen and oxygen atoms in total. The fourth-order valence-corrected chi connectivity index (χ4v) is 19.2. The summed E-state index contributed by atoms with van der Waals surface area (Å²) in [5.41, 5.74) is 31.0. The maximum absolute atomic E-state index is 16.7. The molecule has 4 aliphatic carbocycles. The first-order chi connectivity index (χ1) is 52.0. The van der Waals surface area contributed by atoms with Gasteiger partial charge in [-0.15, -0.1) is 0 Å². The number of halogens is 1. The molecule has 0 saturated heterocycles. The molecule has 0 atom stereocenters. The third-order valence-electron chi connectivity index (χ3n) is 23.4. The monoisotopic (exact) mass is 1330 g/mol. The van der Waals surface area contributed by atoms with E-state index in [1.54, 1.807) is 12.1 Å². The topological polar surface area (TPSA) is 6.48 Å². The zero-order valence-corrected chi connectivity index (χ0v) is 57.1. The van der Waals surface area contributed by atoms with Gasteiger partial charge in [0.1, 0.15) is 5.82 Å². The summed E-state index contributed by atoms with van der Waals surface area (Å²) < 4.78 is 16.7. The summed E-state index contributed by atoms with van der Waals surface area (Å²) in [4.78, 5) is 4.68. The minimum Gasteiger partial charge on any atom is -0.309 e. The first-order valence-corrected chi connectivity index (χ1v) is 36.4. The van der Waals surface area contributed by atoms with E-state index in [-0.39, 0.29) is 5.82 Å². The molecule has 3 heteroatoms. The van der Waals surface area contributed by atoms with Gasteiger partial charge >= 0.3 is 0 Å². The lowest BCUT2D eigenvalue weighted by Gasteiger charge is -2.34. The maximum atomic E-state index is 16.7. The maximum Gasteiger partial charge on any atom is 0.147 e. The van der Waals surface area contributed by atoms with Gasteiger partial charge in [0.25, 0.3) is 0 Å². The van der Waals surface area contributed by atoms with Crippen LogP contribution in [0.5, 0.6) is 0 Å². The van der Waals surface area contributed by atoms with Crippen molar-refractivity contribution < 1.29 is 4.39 Å². The van der Waals surface area contributed by atoms with Crippen LogP contribution in [-0.2, 0) is 10.8 Å². The molecule has 488 valence electrons. The van der Waals surface area contributed by atoms with Crippen LogP contribution in [0.1, 0.15) is 44.5 Å². The highest BCUT2D eigenvalue weighted by atomic mass is 19.1. The lowest BCUT2D eigenvalue weighted by molar-refractivity contribution is 0.629.